The van der Waals surface area contributed by atoms with Gasteiger partial charge in [0.05, 0.1) is 0 Å². The zero-order valence-corrected chi connectivity index (χ0v) is 8.82. The fourth-order valence-electron chi connectivity index (χ4n) is 0.467. The zero-order valence-electron chi connectivity index (χ0n) is 5.52. The van der Waals surface area contributed by atoms with Gasteiger partial charge in [0, 0.05) is 0 Å². The number of carbonyl (C=O) groups is 1. The van der Waals surface area contributed by atoms with Gasteiger partial charge in [0.25, 0.3) is 0 Å². The summed E-state index contributed by atoms with van der Waals surface area (Å²) in [6.45, 7) is 1.42. The maximum atomic E-state index is 10.3. The Bertz CT molecular complexity index is 209. The summed E-state index contributed by atoms with van der Waals surface area (Å²) in [7, 11) is 0. The molecule has 0 amide bonds. The van der Waals surface area contributed by atoms with Crippen LogP contribution < -0.4 is 0 Å². The van der Waals surface area contributed by atoms with Gasteiger partial charge in [-0.25, -0.2) is 0 Å². The SMILES string of the molecule is CC(=O)[O][SnH][n]1ccnc1. The average molecular weight is 246 g/mol. The summed E-state index contributed by atoms with van der Waals surface area (Å²) in [6, 6.07) is 0. The molecule has 0 fully saturated rings. The first-order chi connectivity index (χ1) is 4.79. The summed E-state index contributed by atoms with van der Waals surface area (Å²) < 4.78 is 6.72. The standard InChI is InChI=1S/C3H3N2.C2H4O2.Sn.H/c1-2-5-3-4-1;1-2(3)4;;/h1-3H;1H3,(H,3,4);;/q-1;;+2;/p-1. The monoisotopic (exact) mass is 247 g/mol. The number of aromatic nitrogens is 2. The van der Waals surface area contributed by atoms with Gasteiger partial charge in [-0.2, -0.15) is 0 Å². The minimum atomic E-state index is -1.34. The molecule has 1 radical (unpaired) electrons. The Morgan fingerprint density at radius 2 is 2.60 bits per heavy atom. The fraction of sp³-hybridized carbons (Fsp3) is 0.200. The summed E-state index contributed by atoms with van der Waals surface area (Å²) in [5.41, 5.74) is 0. The van der Waals surface area contributed by atoms with Crippen molar-refractivity contribution >= 4 is 27.8 Å². The second kappa shape index (κ2) is 3.60. The quantitative estimate of drug-likeness (QED) is 0.664. The topological polar surface area (TPSA) is 44.1 Å². The first-order valence-electron chi connectivity index (χ1n) is 2.77. The fourth-order valence-corrected chi connectivity index (χ4v) is 2.03. The number of hydrogen-bond donors (Lipinski definition) is 0. The van der Waals surface area contributed by atoms with E-state index in [1.807, 2.05) is 8.99 Å². The van der Waals surface area contributed by atoms with Crippen LogP contribution in [0.3, 0.4) is 0 Å². The summed E-state index contributed by atoms with van der Waals surface area (Å²) in [4.78, 5) is 14.1. The predicted octanol–water partition coefficient (Wildman–Crippen LogP) is -0.439. The van der Waals surface area contributed by atoms with Crippen molar-refractivity contribution in [2.75, 3.05) is 0 Å². The Morgan fingerprint density at radius 3 is 3.10 bits per heavy atom. The van der Waals surface area contributed by atoms with Crippen LogP contribution in [0, 0.1) is 0 Å². The Labute approximate surface area is 69.3 Å². The van der Waals surface area contributed by atoms with Crippen molar-refractivity contribution in [2.24, 2.45) is 0 Å². The van der Waals surface area contributed by atoms with E-state index in [0.29, 0.717) is 0 Å². The van der Waals surface area contributed by atoms with Crippen LogP contribution in [0.2, 0.25) is 0 Å². The second-order valence-electron chi connectivity index (χ2n) is 1.72. The van der Waals surface area contributed by atoms with Gasteiger partial charge in [-0.05, 0) is 0 Å². The van der Waals surface area contributed by atoms with Crippen molar-refractivity contribution in [3.63, 3.8) is 0 Å². The molecular weight excluding hydrogens is 239 g/mol. The molecule has 0 N–H and O–H groups in total. The van der Waals surface area contributed by atoms with Gasteiger partial charge in [0.1, 0.15) is 0 Å². The van der Waals surface area contributed by atoms with Crippen LogP contribution in [0.25, 0.3) is 0 Å². The zero-order chi connectivity index (χ0) is 7.40. The van der Waals surface area contributed by atoms with Crippen molar-refractivity contribution in [1.82, 2.24) is 7.77 Å². The van der Waals surface area contributed by atoms with Crippen LogP contribution in [0.1, 0.15) is 6.92 Å². The van der Waals surface area contributed by atoms with Crippen LogP contribution in [-0.2, 0) is 7.87 Å². The number of imidazole rings is 1. The van der Waals surface area contributed by atoms with Gasteiger partial charge >= 0.3 is 69.1 Å². The van der Waals surface area contributed by atoms with E-state index in [-0.39, 0.29) is 5.97 Å². The molecule has 0 atom stereocenters. The number of rotatable bonds is 2. The molecule has 53 valence electrons. The minimum absolute atomic E-state index is 0.199. The first-order valence-corrected chi connectivity index (χ1v) is 5.59. The summed E-state index contributed by atoms with van der Waals surface area (Å²) in [5.74, 6) is -0.199. The first kappa shape index (κ1) is 7.58. The Hall–Kier alpha value is -0.521. The molecule has 0 saturated carbocycles. The molecule has 0 aliphatic carbocycles. The van der Waals surface area contributed by atoms with Gasteiger partial charge in [-0.15, -0.1) is 0 Å². The molecule has 0 aliphatic rings. The van der Waals surface area contributed by atoms with Crippen LogP contribution in [0.4, 0.5) is 0 Å². The van der Waals surface area contributed by atoms with Crippen molar-refractivity contribution in [3.8, 4) is 0 Å². The van der Waals surface area contributed by atoms with E-state index in [9.17, 15) is 4.79 Å². The predicted molar refractivity (Wildman–Crippen MR) is 36.5 cm³/mol. The van der Waals surface area contributed by atoms with Crippen LogP contribution in [0.15, 0.2) is 18.7 Å². The van der Waals surface area contributed by atoms with Crippen molar-refractivity contribution < 1.29 is 7.87 Å². The van der Waals surface area contributed by atoms with Crippen molar-refractivity contribution in [3.05, 3.63) is 18.7 Å². The summed E-state index contributed by atoms with van der Waals surface area (Å²) in [5, 5.41) is 0. The van der Waals surface area contributed by atoms with Crippen molar-refractivity contribution in [2.45, 2.75) is 6.92 Å². The van der Waals surface area contributed by atoms with Crippen LogP contribution in [0.5, 0.6) is 0 Å². The molecule has 0 unspecified atom stereocenters. The number of carbonyl (C=O) groups excluding carboxylic acids is 1. The van der Waals surface area contributed by atoms with E-state index in [1.54, 1.807) is 12.5 Å². The molecule has 0 saturated heterocycles. The molecular formula is C5H7N2O2Sn. The third-order valence-electron chi connectivity index (χ3n) is 0.865. The second-order valence-corrected chi connectivity index (χ2v) is 4.70. The molecule has 4 nitrogen and oxygen atoms in total. The van der Waals surface area contributed by atoms with E-state index >= 15 is 0 Å². The third-order valence-corrected chi connectivity index (χ3v) is 3.68. The molecule has 0 bridgehead atoms. The molecule has 0 aromatic carbocycles. The van der Waals surface area contributed by atoms with E-state index in [0.717, 1.165) is 0 Å². The molecule has 1 aromatic rings. The van der Waals surface area contributed by atoms with E-state index in [2.05, 4.69) is 4.98 Å². The molecule has 1 rings (SSSR count). The van der Waals surface area contributed by atoms with Gasteiger partial charge < -0.3 is 0 Å². The van der Waals surface area contributed by atoms with Gasteiger partial charge in [-0.3, -0.25) is 0 Å². The maximum absolute atomic E-state index is 10.3. The van der Waals surface area contributed by atoms with Gasteiger partial charge in [0.15, 0.2) is 0 Å². The normalized spacial score (nSPS) is 9.30. The van der Waals surface area contributed by atoms with Gasteiger partial charge in [-0.1, -0.05) is 0 Å². The Balaban J connectivity index is 2.35. The summed E-state index contributed by atoms with van der Waals surface area (Å²) in [6.07, 6.45) is 5.16. The Morgan fingerprint density at radius 1 is 1.80 bits per heavy atom. The number of nitrogens with zero attached hydrogens (tertiary/aromatic N) is 2. The summed E-state index contributed by atoms with van der Waals surface area (Å²) >= 11 is -1.34. The molecule has 1 heterocycles. The van der Waals surface area contributed by atoms with E-state index < -0.39 is 21.8 Å². The van der Waals surface area contributed by atoms with Crippen molar-refractivity contribution in [1.29, 1.82) is 0 Å². The molecule has 1 aromatic heterocycles. The van der Waals surface area contributed by atoms with Crippen LogP contribution in [-0.4, -0.2) is 35.6 Å². The average Bonchev–Trinajstić information content (AvgIpc) is 2.34. The van der Waals surface area contributed by atoms with Crippen LogP contribution >= 0.6 is 0 Å². The molecule has 5 heteroatoms. The third kappa shape index (κ3) is 2.38. The van der Waals surface area contributed by atoms with E-state index in [1.165, 1.54) is 6.92 Å². The number of hydrogen-bond acceptors (Lipinski definition) is 3. The van der Waals surface area contributed by atoms with Gasteiger partial charge in [0.2, 0.25) is 0 Å². The Kier molecular flexibility index (Phi) is 2.73. The molecule has 10 heavy (non-hydrogen) atoms. The molecule has 0 spiro atoms. The molecule has 0 aliphatic heterocycles. The van der Waals surface area contributed by atoms with E-state index in [4.69, 9.17) is 3.07 Å².